The molecule has 0 aliphatic heterocycles. The van der Waals surface area contributed by atoms with Gasteiger partial charge in [0.05, 0.1) is 21.5 Å². The molecule has 0 bridgehead atoms. The molecular formula is C22H16F2N6O2S. The van der Waals surface area contributed by atoms with E-state index in [2.05, 4.69) is 25.0 Å². The van der Waals surface area contributed by atoms with Crippen LogP contribution in [0.1, 0.15) is 41.3 Å². The summed E-state index contributed by atoms with van der Waals surface area (Å²) in [6.45, 7) is 0.854. The van der Waals surface area contributed by atoms with E-state index < -0.39 is 17.2 Å². The lowest BCUT2D eigenvalue weighted by atomic mass is 10.0. The number of imidazole rings is 1. The summed E-state index contributed by atoms with van der Waals surface area (Å²) >= 11 is 1.01. The van der Waals surface area contributed by atoms with Crippen LogP contribution in [-0.2, 0) is 5.92 Å². The van der Waals surface area contributed by atoms with Crippen LogP contribution in [0.15, 0.2) is 52.4 Å². The summed E-state index contributed by atoms with van der Waals surface area (Å²) < 4.78 is 29.7. The Kier molecular flexibility index (Phi) is 4.15. The van der Waals surface area contributed by atoms with Crippen LogP contribution in [0, 0.1) is 0 Å². The SMILES string of the molecule is CC(F)(F)c1nc2ccc([C@H]3C[C@@H]3c3cc(-c4c[nH]c(=O)[nH]c4=O)nn4ccnc34)cc2s1. The number of nitrogens with one attached hydrogen (secondary N) is 2. The molecule has 0 spiro atoms. The summed E-state index contributed by atoms with van der Waals surface area (Å²) in [5.74, 6) is -2.65. The van der Waals surface area contributed by atoms with Crippen molar-refractivity contribution >= 4 is 27.2 Å². The van der Waals surface area contributed by atoms with Crippen LogP contribution < -0.4 is 11.2 Å². The van der Waals surface area contributed by atoms with E-state index in [1.165, 1.54) is 6.20 Å². The lowest BCUT2D eigenvalue weighted by Gasteiger charge is -2.07. The molecule has 1 aliphatic rings. The Hall–Kier alpha value is -3.73. The van der Waals surface area contributed by atoms with Crippen LogP contribution in [0.2, 0.25) is 0 Å². The molecule has 8 nitrogen and oxygen atoms in total. The van der Waals surface area contributed by atoms with Gasteiger partial charge < -0.3 is 4.98 Å². The van der Waals surface area contributed by atoms with E-state index in [9.17, 15) is 18.4 Å². The lowest BCUT2D eigenvalue weighted by Crippen LogP contribution is -2.23. The van der Waals surface area contributed by atoms with Crippen LogP contribution in [0.5, 0.6) is 0 Å². The molecule has 0 radical (unpaired) electrons. The van der Waals surface area contributed by atoms with Crippen LogP contribution in [0.4, 0.5) is 8.78 Å². The Labute approximate surface area is 188 Å². The van der Waals surface area contributed by atoms with Gasteiger partial charge in [-0.05, 0) is 42.0 Å². The first-order valence-corrected chi connectivity index (χ1v) is 11.0. The number of hydrogen-bond donors (Lipinski definition) is 2. The second-order valence-corrected chi connectivity index (χ2v) is 9.28. The van der Waals surface area contributed by atoms with Gasteiger partial charge in [0, 0.05) is 31.1 Å². The highest BCUT2D eigenvalue weighted by Crippen LogP contribution is 2.56. The van der Waals surface area contributed by atoms with Gasteiger partial charge in [0.2, 0.25) is 0 Å². The number of hydrogen-bond acceptors (Lipinski definition) is 6. The fourth-order valence-corrected chi connectivity index (χ4v) is 5.16. The van der Waals surface area contributed by atoms with Crippen molar-refractivity contribution in [2.24, 2.45) is 0 Å². The number of benzene rings is 1. The molecule has 0 amide bonds. The van der Waals surface area contributed by atoms with Crippen LogP contribution >= 0.6 is 11.3 Å². The lowest BCUT2D eigenvalue weighted by molar-refractivity contribution is 0.0174. The third-order valence-corrected chi connectivity index (χ3v) is 7.08. The second-order valence-electron chi connectivity index (χ2n) is 8.25. The first-order chi connectivity index (χ1) is 15.8. The van der Waals surface area contributed by atoms with Crippen LogP contribution in [0.25, 0.3) is 27.1 Å². The minimum atomic E-state index is -2.97. The molecule has 5 aromatic rings. The summed E-state index contributed by atoms with van der Waals surface area (Å²) in [5, 5.41) is 4.28. The first-order valence-electron chi connectivity index (χ1n) is 10.2. The predicted octanol–water partition coefficient (Wildman–Crippen LogP) is 3.77. The van der Waals surface area contributed by atoms with Crippen LogP contribution in [0.3, 0.4) is 0 Å². The zero-order valence-electron chi connectivity index (χ0n) is 17.2. The van der Waals surface area contributed by atoms with Gasteiger partial charge in [0.25, 0.3) is 11.5 Å². The zero-order chi connectivity index (χ0) is 22.9. The number of nitrogens with zero attached hydrogens (tertiary/aromatic N) is 4. The zero-order valence-corrected chi connectivity index (χ0v) is 18.0. The molecular weight excluding hydrogens is 450 g/mol. The van der Waals surface area contributed by atoms with E-state index in [1.807, 2.05) is 18.2 Å². The molecule has 6 rings (SSSR count). The minimum Gasteiger partial charge on any atom is -0.313 e. The van der Waals surface area contributed by atoms with Gasteiger partial charge in [-0.25, -0.2) is 19.3 Å². The predicted molar refractivity (Wildman–Crippen MR) is 119 cm³/mol. The van der Waals surface area contributed by atoms with Crippen molar-refractivity contribution in [2.45, 2.75) is 31.1 Å². The topological polar surface area (TPSA) is 109 Å². The fraction of sp³-hybridized carbons (Fsp3) is 0.227. The first kappa shape index (κ1) is 19.9. The molecule has 2 atom stereocenters. The van der Waals surface area contributed by atoms with E-state index in [0.717, 1.165) is 40.5 Å². The molecule has 1 aromatic carbocycles. The number of alkyl halides is 2. The third kappa shape index (κ3) is 3.35. The normalized spacial score (nSPS) is 18.3. The van der Waals surface area contributed by atoms with E-state index in [1.54, 1.807) is 23.0 Å². The Balaban J connectivity index is 1.39. The highest BCUT2D eigenvalue weighted by atomic mass is 32.1. The van der Waals surface area contributed by atoms with Crippen molar-refractivity contribution in [3.63, 3.8) is 0 Å². The van der Waals surface area contributed by atoms with Crippen molar-refractivity contribution in [1.82, 2.24) is 29.5 Å². The monoisotopic (exact) mass is 466 g/mol. The second kappa shape index (κ2) is 6.88. The van der Waals surface area contributed by atoms with Gasteiger partial charge in [-0.1, -0.05) is 6.07 Å². The number of aromatic nitrogens is 6. The Morgan fingerprint density at radius 3 is 2.85 bits per heavy atom. The molecule has 0 saturated heterocycles. The van der Waals surface area contributed by atoms with Gasteiger partial charge in [-0.3, -0.25) is 9.78 Å². The van der Waals surface area contributed by atoms with Crippen molar-refractivity contribution in [3.8, 4) is 11.3 Å². The van der Waals surface area contributed by atoms with Gasteiger partial charge in [-0.15, -0.1) is 11.3 Å². The number of H-pyrrole nitrogens is 2. The molecule has 1 aliphatic carbocycles. The summed E-state index contributed by atoms with van der Waals surface area (Å²) in [7, 11) is 0. The van der Waals surface area contributed by atoms with Crippen molar-refractivity contribution in [1.29, 1.82) is 0 Å². The molecule has 166 valence electrons. The van der Waals surface area contributed by atoms with Crippen LogP contribution in [-0.4, -0.2) is 29.5 Å². The maximum Gasteiger partial charge on any atom is 0.325 e. The maximum atomic E-state index is 13.7. The van der Waals surface area contributed by atoms with Gasteiger partial charge in [-0.2, -0.15) is 13.9 Å². The number of thiazole rings is 1. The number of halogens is 2. The Morgan fingerprint density at radius 1 is 1.21 bits per heavy atom. The fourth-order valence-electron chi connectivity index (χ4n) is 4.21. The highest BCUT2D eigenvalue weighted by Gasteiger charge is 2.41. The van der Waals surface area contributed by atoms with Gasteiger partial charge in [0.1, 0.15) is 0 Å². The molecule has 1 fully saturated rings. The smallest absolute Gasteiger partial charge is 0.313 e. The van der Waals surface area contributed by atoms with Gasteiger partial charge >= 0.3 is 5.69 Å². The molecule has 11 heteroatoms. The molecule has 2 N–H and O–H groups in total. The average molecular weight is 466 g/mol. The third-order valence-electron chi connectivity index (χ3n) is 5.89. The summed E-state index contributed by atoms with van der Waals surface area (Å²) in [5.41, 5.74) is 2.81. The van der Waals surface area contributed by atoms with Gasteiger partial charge in [0.15, 0.2) is 10.7 Å². The summed E-state index contributed by atoms with van der Waals surface area (Å²) in [6, 6.07) is 7.48. The molecule has 1 saturated carbocycles. The van der Waals surface area contributed by atoms with Crippen molar-refractivity contribution in [3.05, 3.63) is 79.8 Å². The standard InChI is InChI=1S/C22H16F2N6O2S/c1-22(23,24)20-27-15-3-2-10(6-17(15)33-20)11-7-12(11)13-8-16(29-30-5-4-25-18(13)30)14-9-26-21(32)28-19(14)31/h2-6,8-9,11-12H,7H2,1H3,(H2,26,28,31,32)/t11-,12+/m1/s1. The molecule has 33 heavy (non-hydrogen) atoms. The number of fused-ring (bicyclic) bond motifs is 2. The summed E-state index contributed by atoms with van der Waals surface area (Å²) in [4.78, 5) is 36.9. The molecule has 4 heterocycles. The van der Waals surface area contributed by atoms with Crippen molar-refractivity contribution in [2.75, 3.05) is 0 Å². The largest absolute Gasteiger partial charge is 0.325 e. The highest BCUT2D eigenvalue weighted by molar-refractivity contribution is 7.18. The Bertz CT molecular complexity index is 1660. The maximum absolute atomic E-state index is 13.7. The van der Waals surface area contributed by atoms with E-state index in [0.29, 0.717) is 16.9 Å². The quantitative estimate of drug-likeness (QED) is 0.419. The summed E-state index contributed by atoms with van der Waals surface area (Å²) in [6.07, 6.45) is 5.55. The average Bonchev–Trinajstić information content (AvgIpc) is 3.19. The molecule has 4 aromatic heterocycles. The molecule has 0 unspecified atom stereocenters. The van der Waals surface area contributed by atoms with E-state index in [-0.39, 0.29) is 22.4 Å². The van der Waals surface area contributed by atoms with E-state index >= 15 is 0 Å². The number of rotatable bonds is 4. The number of aromatic amines is 2. The Morgan fingerprint density at radius 2 is 2.06 bits per heavy atom. The minimum absolute atomic E-state index is 0.135. The van der Waals surface area contributed by atoms with E-state index in [4.69, 9.17) is 0 Å². The van der Waals surface area contributed by atoms with Crippen molar-refractivity contribution < 1.29 is 8.78 Å².